The van der Waals surface area contributed by atoms with Gasteiger partial charge in [0.05, 0.1) is 0 Å². The Bertz CT molecular complexity index is 656. The molecule has 2 N–H and O–H groups in total. The first kappa shape index (κ1) is 13.2. The highest BCUT2D eigenvalue weighted by atomic mass is 35.5. The van der Waals surface area contributed by atoms with E-state index in [2.05, 4.69) is 10.6 Å². The van der Waals surface area contributed by atoms with Gasteiger partial charge in [0, 0.05) is 22.3 Å². The molecule has 0 aliphatic carbocycles. The highest BCUT2D eigenvalue weighted by Crippen LogP contribution is 2.32. The molecule has 3 rings (SSSR count). The SMILES string of the molecule is CC(NC1C(=O)Nc2ccccc21)c1cccc(Cl)c1. The number of benzene rings is 2. The van der Waals surface area contributed by atoms with Crippen molar-refractivity contribution in [2.45, 2.75) is 19.0 Å². The van der Waals surface area contributed by atoms with Crippen LogP contribution in [0.2, 0.25) is 5.02 Å². The normalized spacial score (nSPS) is 18.5. The van der Waals surface area contributed by atoms with E-state index in [1.807, 2.05) is 55.5 Å². The highest BCUT2D eigenvalue weighted by molar-refractivity contribution is 6.30. The number of carbonyl (C=O) groups is 1. The third-order valence-electron chi connectivity index (χ3n) is 3.56. The molecule has 2 atom stereocenters. The predicted molar refractivity (Wildman–Crippen MR) is 80.8 cm³/mol. The van der Waals surface area contributed by atoms with Gasteiger partial charge in [-0.15, -0.1) is 0 Å². The predicted octanol–water partition coefficient (Wildman–Crippen LogP) is 3.68. The Hall–Kier alpha value is -1.84. The minimum Gasteiger partial charge on any atom is -0.324 e. The van der Waals surface area contributed by atoms with Crippen molar-refractivity contribution in [2.24, 2.45) is 0 Å². The zero-order valence-electron chi connectivity index (χ0n) is 11.1. The molecule has 1 aliphatic rings. The second kappa shape index (κ2) is 5.27. The Morgan fingerprint density at radius 1 is 1.20 bits per heavy atom. The summed E-state index contributed by atoms with van der Waals surface area (Å²) in [4.78, 5) is 12.1. The van der Waals surface area contributed by atoms with Gasteiger partial charge in [-0.25, -0.2) is 0 Å². The van der Waals surface area contributed by atoms with Crippen LogP contribution in [0.15, 0.2) is 48.5 Å². The second-order valence-electron chi connectivity index (χ2n) is 4.95. The summed E-state index contributed by atoms with van der Waals surface area (Å²) in [5, 5.41) is 6.95. The Labute approximate surface area is 123 Å². The van der Waals surface area contributed by atoms with Gasteiger partial charge in [-0.3, -0.25) is 10.1 Å². The van der Waals surface area contributed by atoms with E-state index in [4.69, 9.17) is 11.6 Å². The van der Waals surface area contributed by atoms with Crippen molar-refractivity contribution in [3.05, 3.63) is 64.7 Å². The number of anilines is 1. The van der Waals surface area contributed by atoms with Gasteiger partial charge in [-0.2, -0.15) is 0 Å². The Morgan fingerprint density at radius 2 is 2.00 bits per heavy atom. The summed E-state index contributed by atoms with van der Waals surface area (Å²) < 4.78 is 0. The Balaban J connectivity index is 1.83. The van der Waals surface area contributed by atoms with Gasteiger partial charge in [0.15, 0.2) is 0 Å². The maximum absolute atomic E-state index is 12.1. The van der Waals surface area contributed by atoms with E-state index < -0.39 is 0 Å². The fraction of sp³-hybridized carbons (Fsp3) is 0.188. The number of carbonyl (C=O) groups excluding carboxylic acids is 1. The number of rotatable bonds is 3. The van der Waals surface area contributed by atoms with Crippen LogP contribution in [0.3, 0.4) is 0 Å². The van der Waals surface area contributed by atoms with Crippen LogP contribution in [-0.2, 0) is 4.79 Å². The van der Waals surface area contributed by atoms with E-state index in [1.54, 1.807) is 0 Å². The summed E-state index contributed by atoms with van der Waals surface area (Å²) in [5.74, 6) is -0.0138. The van der Waals surface area contributed by atoms with Gasteiger partial charge in [-0.05, 0) is 30.7 Å². The van der Waals surface area contributed by atoms with Crippen LogP contribution in [0.5, 0.6) is 0 Å². The number of hydrogen-bond acceptors (Lipinski definition) is 2. The third kappa shape index (κ3) is 2.42. The van der Waals surface area contributed by atoms with E-state index >= 15 is 0 Å². The smallest absolute Gasteiger partial charge is 0.246 e. The maximum Gasteiger partial charge on any atom is 0.246 e. The van der Waals surface area contributed by atoms with Gasteiger partial charge >= 0.3 is 0 Å². The molecule has 0 spiro atoms. The molecule has 20 heavy (non-hydrogen) atoms. The minimum absolute atomic E-state index is 0.0138. The topological polar surface area (TPSA) is 41.1 Å². The summed E-state index contributed by atoms with van der Waals surface area (Å²) in [5.41, 5.74) is 2.94. The summed E-state index contributed by atoms with van der Waals surface area (Å²) in [7, 11) is 0. The van der Waals surface area contributed by atoms with Gasteiger partial charge < -0.3 is 5.32 Å². The molecule has 0 fully saturated rings. The quantitative estimate of drug-likeness (QED) is 0.903. The summed E-state index contributed by atoms with van der Waals surface area (Å²) in [6.45, 7) is 2.03. The molecule has 4 heteroatoms. The lowest BCUT2D eigenvalue weighted by atomic mass is 10.0. The monoisotopic (exact) mass is 286 g/mol. The molecule has 0 saturated heterocycles. The minimum atomic E-state index is -0.319. The van der Waals surface area contributed by atoms with Crippen LogP contribution in [-0.4, -0.2) is 5.91 Å². The first-order valence-corrected chi connectivity index (χ1v) is 6.94. The van der Waals surface area contributed by atoms with E-state index in [1.165, 1.54) is 0 Å². The summed E-state index contributed by atoms with van der Waals surface area (Å²) in [6, 6.07) is 15.1. The van der Waals surface area contributed by atoms with E-state index in [-0.39, 0.29) is 18.0 Å². The number of amides is 1. The van der Waals surface area contributed by atoms with Crippen LogP contribution < -0.4 is 10.6 Å². The van der Waals surface area contributed by atoms with E-state index in [0.29, 0.717) is 5.02 Å². The zero-order chi connectivity index (χ0) is 14.1. The molecule has 2 aromatic rings. The molecule has 2 unspecified atom stereocenters. The zero-order valence-corrected chi connectivity index (χ0v) is 11.8. The van der Waals surface area contributed by atoms with Gasteiger partial charge in [-0.1, -0.05) is 41.9 Å². The summed E-state index contributed by atoms with van der Waals surface area (Å²) in [6.07, 6.45) is 0. The maximum atomic E-state index is 12.1. The van der Waals surface area contributed by atoms with Crippen molar-refractivity contribution >= 4 is 23.2 Å². The van der Waals surface area contributed by atoms with Gasteiger partial charge in [0.25, 0.3) is 0 Å². The lowest BCUT2D eigenvalue weighted by Gasteiger charge is -2.19. The number of fused-ring (bicyclic) bond motifs is 1. The van der Waals surface area contributed by atoms with Crippen LogP contribution >= 0.6 is 11.6 Å². The Kier molecular flexibility index (Phi) is 3.47. The van der Waals surface area contributed by atoms with Crippen molar-refractivity contribution in [3.63, 3.8) is 0 Å². The molecular formula is C16H15ClN2O. The van der Waals surface area contributed by atoms with Crippen LogP contribution in [0.1, 0.15) is 30.1 Å². The van der Waals surface area contributed by atoms with Crippen LogP contribution in [0, 0.1) is 0 Å². The molecule has 1 aliphatic heterocycles. The van der Waals surface area contributed by atoms with E-state index in [9.17, 15) is 4.79 Å². The molecule has 2 aromatic carbocycles. The molecule has 1 heterocycles. The first-order valence-electron chi connectivity index (χ1n) is 6.56. The summed E-state index contributed by atoms with van der Waals surface area (Å²) >= 11 is 6.01. The van der Waals surface area contributed by atoms with Crippen LogP contribution in [0.25, 0.3) is 0 Å². The fourth-order valence-electron chi connectivity index (χ4n) is 2.50. The van der Waals surface area contributed by atoms with Crippen molar-refractivity contribution in [3.8, 4) is 0 Å². The van der Waals surface area contributed by atoms with Gasteiger partial charge in [0.2, 0.25) is 5.91 Å². The fourth-order valence-corrected chi connectivity index (χ4v) is 2.70. The number of halogens is 1. The largest absolute Gasteiger partial charge is 0.324 e. The molecule has 0 radical (unpaired) electrons. The van der Waals surface area contributed by atoms with Gasteiger partial charge in [0.1, 0.15) is 6.04 Å². The Morgan fingerprint density at radius 3 is 2.80 bits per heavy atom. The van der Waals surface area contributed by atoms with Crippen molar-refractivity contribution in [1.29, 1.82) is 0 Å². The number of hydrogen-bond donors (Lipinski definition) is 2. The molecule has 0 saturated carbocycles. The number of para-hydroxylation sites is 1. The number of nitrogens with one attached hydrogen (secondary N) is 2. The first-order chi connectivity index (χ1) is 9.65. The standard InChI is InChI=1S/C16H15ClN2O/c1-10(11-5-4-6-12(17)9-11)18-15-13-7-2-3-8-14(13)19-16(15)20/h2-10,15,18H,1H3,(H,19,20). The van der Waals surface area contributed by atoms with Crippen molar-refractivity contribution in [2.75, 3.05) is 5.32 Å². The molecule has 102 valence electrons. The lowest BCUT2D eigenvalue weighted by molar-refractivity contribution is -0.117. The average molecular weight is 287 g/mol. The molecular weight excluding hydrogens is 272 g/mol. The lowest BCUT2D eigenvalue weighted by Crippen LogP contribution is -2.29. The second-order valence-corrected chi connectivity index (χ2v) is 5.39. The van der Waals surface area contributed by atoms with Crippen molar-refractivity contribution < 1.29 is 4.79 Å². The highest BCUT2D eigenvalue weighted by Gasteiger charge is 2.31. The average Bonchev–Trinajstić information content (AvgIpc) is 2.75. The molecule has 3 nitrogen and oxygen atoms in total. The van der Waals surface area contributed by atoms with Crippen molar-refractivity contribution in [1.82, 2.24) is 5.32 Å². The third-order valence-corrected chi connectivity index (χ3v) is 3.79. The van der Waals surface area contributed by atoms with Crippen LogP contribution in [0.4, 0.5) is 5.69 Å². The molecule has 0 bridgehead atoms. The van der Waals surface area contributed by atoms with E-state index in [0.717, 1.165) is 16.8 Å². The molecule has 1 amide bonds. The molecule has 0 aromatic heterocycles.